The van der Waals surface area contributed by atoms with Crippen molar-refractivity contribution in [1.29, 1.82) is 0 Å². The summed E-state index contributed by atoms with van der Waals surface area (Å²) in [5.41, 5.74) is 4.67. The van der Waals surface area contributed by atoms with E-state index >= 15 is 0 Å². The summed E-state index contributed by atoms with van der Waals surface area (Å²) >= 11 is 1.62. The molecule has 4 nitrogen and oxygen atoms in total. The van der Waals surface area contributed by atoms with E-state index in [1.165, 1.54) is 6.33 Å². The molecule has 15 heavy (non-hydrogen) atoms. The van der Waals surface area contributed by atoms with Gasteiger partial charge in [0, 0.05) is 18.0 Å². The maximum atomic E-state index is 9.80. The Hall–Kier alpha value is -0.650. The second-order valence-electron chi connectivity index (χ2n) is 3.88. The average Bonchev–Trinajstić information content (AvgIpc) is 2.18. The fraction of sp³-hybridized carbons (Fsp3) is 0.600. The summed E-state index contributed by atoms with van der Waals surface area (Å²) in [4.78, 5) is 7.96. The van der Waals surface area contributed by atoms with E-state index in [1.54, 1.807) is 24.9 Å². The van der Waals surface area contributed by atoms with Gasteiger partial charge >= 0.3 is 0 Å². The molecule has 1 aromatic rings. The number of hydrogen-bond donors (Lipinski definition) is 2. The monoisotopic (exact) mass is 227 g/mol. The SMILES string of the molecule is CC(CC(C)(O)CN)Sc1ccncn1. The van der Waals surface area contributed by atoms with Crippen LogP contribution in [0.2, 0.25) is 0 Å². The number of rotatable bonds is 5. The zero-order valence-corrected chi connectivity index (χ0v) is 9.87. The number of nitrogens with zero attached hydrogens (tertiary/aromatic N) is 2. The maximum Gasteiger partial charge on any atom is 0.116 e. The van der Waals surface area contributed by atoms with E-state index in [9.17, 15) is 5.11 Å². The standard InChI is InChI=1S/C10H17N3OS/c1-8(5-10(2,14)6-11)15-9-3-4-12-7-13-9/h3-4,7-8,14H,5-6,11H2,1-2H3. The average molecular weight is 227 g/mol. The van der Waals surface area contributed by atoms with Crippen molar-refractivity contribution >= 4 is 11.8 Å². The van der Waals surface area contributed by atoms with Gasteiger partial charge in [0.05, 0.1) is 10.6 Å². The summed E-state index contributed by atoms with van der Waals surface area (Å²) < 4.78 is 0. The number of aliphatic hydroxyl groups is 1. The van der Waals surface area contributed by atoms with Gasteiger partial charge < -0.3 is 10.8 Å². The molecule has 0 aliphatic heterocycles. The largest absolute Gasteiger partial charge is 0.389 e. The van der Waals surface area contributed by atoms with Crippen LogP contribution in [0.4, 0.5) is 0 Å². The molecule has 2 unspecified atom stereocenters. The van der Waals surface area contributed by atoms with Crippen LogP contribution in [-0.2, 0) is 0 Å². The molecular formula is C10H17N3OS. The molecule has 2 atom stereocenters. The topological polar surface area (TPSA) is 72.0 Å². The van der Waals surface area contributed by atoms with Gasteiger partial charge in [0.25, 0.3) is 0 Å². The van der Waals surface area contributed by atoms with Gasteiger partial charge in [-0.25, -0.2) is 9.97 Å². The number of nitrogens with two attached hydrogens (primary N) is 1. The Kier molecular flexibility index (Phi) is 4.50. The first-order valence-corrected chi connectivity index (χ1v) is 5.76. The van der Waals surface area contributed by atoms with Gasteiger partial charge in [-0.2, -0.15) is 0 Å². The van der Waals surface area contributed by atoms with Gasteiger partial charge in [0.2, 0.25) is 0 Å². The van der Waals surface area contributed by atoms with Gasteiger partial charge in [0.15, 0.2) is 0 Å². The van der Waals surface area contributed by atoms with Gasteiger partial charge in [-0.3, -0.25) is 0 Å². The number of aromatic nitrogens is 2. The van der Waals surface area contributed by atoms with E-state index in [2.05, 4.69) is 16.9 Å². The molecule has 1 aromatic heterocycles. The summed E-state index contributed by atoms with van der Waals surface area (Å²) in [6.07, 6.45) is 3.89. The van der Waals surface area contributed by atoms with Crippen LogP contribution in [-0.4, -0.2) is 32.5 Å². The molecule has 0 aliphatic rings. The minimum absolute atomic E-state index is 0.276. The third kappa shape index (κ3) is 4.59. The van der Waals surface area contributed by atoms with Crippen molar-refractivity contribution in [2.24, 2.45) is 5.73 Å². The third-order valence-corrected chi connectivity index (χ3v) is 3.10. The summed E-state index contributed by atoms with van der Waals surface area (Å²) in [6.45, 7) is 4.09. The summed E-state index contributed by atoms with van der Waals surface area (Å²) in [7, 11) is 0. The zero-order chi connectivity index (χ0) is 11.3. The molecule has 5 heteroatoms. The minimum Gasteiger partial charge on any atom is -0.389 e. The zero-order valence-electron chi connectivity index (χ0n) is 9.05. The van der Waals surface area contributed by atoms with Crippen molar-refractivity contribution in [3.63, 3.8) is 0 Å². The predicted octanol–water partition coefficient (Wildman–Crippen LogP) is 1.06. The summed E-state index contributed by atoms with van der Waals surface area (Å²) in [5.74, 6) is 0. The lowest BCUT2D eigenvalue weighted by atomic mass is 10.0. The first kappa shape index (κ1) is 12.4. The Labute approximate surface area is 94.3 Å². The smallest absolute Gasteiger partial charge is 0.116 e. The minimum atomic E-state index is -0.792. The van der Waals surface area contributed by atoms with Crippen molar-refractivity contribution in [1.82, 2.24) is 9.97 Å². The first-order valence-electron chi connectivity index (χ1n) is 4.88. The van der Waals surface area contributed by atoms with E-state index in [1.807, 2.05) is 6.07 Å². The van der Waals surface area contributed by atoms with Crippen molar-refractivity contribution in [3.05, 3.63) is 18.6 Å². The normalized spacial score (nSPS) is 17.1. The highest BCUT2D eigenvalue weighted by atomic mass is 32.2. The molecule has 0 saturated heterocycles. The van der Waals surface area contributed by atoms with Crippen LogP contribution in [0.1, 0.15) is 20.3 Å². The molecule has 0 aliphatic carbocycles. The molecule has 0 spiro atoms. The van der Waals surface area contributed by atoms with Crippen LogP contribution in [0.3, 0.4) is 0 Å². The highest BCUT2D eigenvalue weighted by molar-refractivity contribution is 7.99. The first-order chi connectivity index (χ1) is 7.03. The molecule has 1 heterocycles. The lowest BCUT2D eigenvalue weighted by Gasteiger charge is -2.24. The number of hydrogen-bond acceptors (Lipinski definition) is 5. The van der Waals surface area contributed by atoms with Crippen LogP contribution in [0.15, 0.2) is 23.6 Å². The van der Waals surface area contributed by atoms with E-state index in [-0.39, 0.29) is 11.8 Å². The Bertz CT molecular complexity index is 292. The second kappa shape index (κ2) is 5.44. The van der Waals surface area contributed by atoms with E-state index < -0.39 is 5.60 Å². The lowest BCUT2D eigenvalue weighted by molar-refractivity contribution is 0.0608. The van der Waals surface area contributed by atoms with E-state index in [4.69, 9.17) is 5.73 Å². The van der Waals surface area contributed by atoms with Gasteiger partial charge in [-0.1, -0.05) is 6.92 Å². The molecule has 0 amide bonds. The molecule has 0 fully saturated rings. The Morgan fingerprint density at radius 3 is 2.93 bits per heavy atom. The number of thioether (sulfide) groups is 1. The molecule has 0 bridgehead atoms. The fourth-order valence-corrected chi connectivity index (χ4v) is 2.40. The van der Waals surface area contributed by atoms with E-state index in [0.29, 0.717) is 6.42 Å². The Morgan fingerprint density at radius 1 is 1.67 bits per heavy atom. The quantitative estimate of drug-likeness (QED) is 0.581. The van der Waals surface area contributed by atoms with Crippen LogP contribution in [0.25, 0.3) is 0 Å². The second-order valence-corrected chi connectivity index (χ2v) is 5.34. The van der Waals surface area contributed by atoms with Crippen molar-refractivity contribution < 1.29 is 5.11 Å². The third-order valence-electron chi connectivity index (χ3n) is 2.04. The van der Waals surface area contributed by atoms with Crippen molar-refractivity contribution in [2.45, 2.75) is 36.1 Å². The molecule has 0 saturated carbocycles. The predicted molar refractivity (Wildman–Crippen MR) is 61.6 cm³/mol. The Morgan fingerprint density at radius 2 is 2.40 bits per heavy atom. The highest BCUT2D eigenvalue weighted by Crippen LogP contribution is 2.26. The summed E-state index contributed by atoms with van der Waals surface area (Å²) in [5, 5.41) is 11.0. The molecule has 0 radical (unpaired) electrons. The molecule has 1 rings (SSSR count). The van der Waals surface area contributed by atoms with Crippen molar-refractivity contribution in [3.8, 4) is 0 Å². The fourth-order valence-electron chi connectivity index (χ4n) is 1.30. The lowest BCUT2D eigenvalue weighted by Crippen LogP contribution is -2.36. The van der Waals surface area contributed by atoms with Crippen LogP contribution < -0.4 is 5.73 Å². The highest BCUT2D eigenvalue weighted by Gasteiger charge is 2.22. The van der Waals surface area contributed by atoms with Gasteiger partial charge in [-0.15, -0.1) is 11.8 Å². The van der Waals surface area contributed by atoms with Crippen LogP contribution in [0, 0.1) is 0 Å². The molecule has 0 aromatic carbocycles. The van der Waals surface area contributed by atoms with E-state index in [0.717, 1.165) is 5.03 Å². The molecule has 3 N–H and O–H groups in total. The Balaban J connectivity index is 2.46. The van der Waals surface area contributed by atoms with Crippen LogP contribution in [0.5, 0.6) is 0 Å². The van der Waals surface area contributed by atoms with Crippen molar-refractivity contribution in [2.75, 3.05) is 6.54 Å². The van der Waals surface area contributed by atoms with Gasteiger partial charge in [0.1, 0.15) is 6.33 Å². The summed E-state index contributed by atoms with van der Waals surface area (Å²) in [6, 6.07) is 1.86. The molecule has 84 valence electrons. The van der Waals surface area contributed by atoms with Gasteiger partial charge in [-0.05, 0) is 19.4 Å². The molecular weight excluding hydrogens is 210 g/mol. The maximum absolute atomic E-state index is 9.80. The van der Waals surface area contributed by atoms with Crippen LogP contribution >= 0.6 is 11.8 Å².